The molecule has 0 aliphatic carbocycles. The van der Waals surface area contributed by atoms with Crippen LogP contribution >= 0.6 is 11.3 Å². The largest absolute Gasteiger partial charge is 0.455 e. The average molecular weight is 634 g/mol. The standard InChI is InChI=1S/C43H27N3OS/c1-43(2)31-22-21-24(23-34(31)46-38-30(16-10-17-32(38)43)41-39(46)28-13-5-8-20-36(28)48-41)42-44-33-18-6-3-12-27(33)37(45-42)29-15-9-14-26-25-11-4-7-19-35(25)47-40(26)29/h3-23H,1-2H3. The van der Waals surface area contributed by atoms with Crippen molar-refractivity contribution in [1.29, 1.82) is 0 Å². The second kappa shape index (κ2) is 9.18. The maximum Gasteiger partial charge on any atom is 0.160 e. The maximum atomic E-state index is 6.49. The van der Waals surface area contributed by atoms with Gasteiger partial charge in [0.2, 0.25) is 0 Å². The molecular formula is C43H27N3OS. The lowest BCUT2D eigenvalue weighted by Crippen LogP contribution is -2.26. The summed E-state index contributed by atoms with van der Waals surface area (Å²) < 4.78 is 11.7. The van der Waals surface area contributed by atoms with Crippen LogP contribution in [0.15, 0.2) is 132 Å². The summed E-state index contributed by atoms with van der Waals surface area (Å²) in [6.45, 7) is 4.70. The lowest BCUT2D eigenvalue weighted by Gasteiger charge is -2.35. The van der Waals surface area contributed by atoms with Crippen molar-refractivity contribution in [3.05, 3.63) is 139 Å². The van der Waals surface area contributed by atoms with Gasteiger partial charge in [0.1, 0.15) is 11.2 Å². The Morgan fingerprint density at radius 1 is 0.625 bits per heavy atom. The van der Waals surface area contributed by atoms with Crippen LogP contribution in [-0.4, -0.2) is 14.5 Å². The first-order valence-corrected chi connectivity index (χ1v) is 17.2. The normalized spacial score (nSPS) is 13.8. The Morgan fingerprint density at radius 3 is 2.29 bits per heavy atom. The third-order valence-electron chi connectivity index (χ3n) is 10.4. The summed E-state index contributed by atoms with van der Waals surface area (Å²) in [6, 6.07) is 45.3. The van der Waals surface area contributed by atoms with Gasteiger partial charge in [-0.2, -0.15) is 0 Å². The van der Waals surface area contributed by atoms with Crippen LogP contribution in [0.3, 0.4) is 0 Å². The van der Waals surface area contributed by atoms with Gasteiger partial charge in [-0.3, -0.25) is 0 Å². The van der Waals surface area contributed by atoms with Gasteiger partial charge in [0.05, 0.1) is 32.6 Å². The van der Waals surface area contributed by atoms with Gasteiger partial charge in [0.25, 0.3) is 0 Å². The van der Waals surface area contributed by atoms with Gasteiger partial charge in [-0.1, -0.05) is 111 Å². The Hall–Kier alpha value is -5.78. The molecule has 0 fully saturated rings. The molecule has 0 radical (unpaired) electrons. The molecule has 226 valence electrons. The molecule has 5 heterocycles. The zero-order valence-corrected chi connectivity index (χ0v) is 27.1. The van der Waals surface area contributed by atoms with E-state index in [1.165, 1.54) is 48.0 Å². The van der Waals surface area contributed by atoms with E-state index >= 15 is 0 Å². The van der Waals surface area contributed by atoms with E-state index in [2.05, 4.69) is 128 Å². The molecule has 1 aliphatic heterocycles. The minimum atomic E-state index is -0.175. The van der Waals surface area contributed by atoms with E-state index in [-0.39, 0.29) is 5.41 Å². The quantitative estimate of drug-likeness (QED) is 0.190. The summed E-state index contributed by atoms with van der Waals surface area (Å²) in [4.78, 5) is 10.5. The Morgan fingerprint density at radius 2 is 1.38 bits per heavy atom. The smallest absolute Gasteiger partial charge is 0.160 e. The van der Waals surface area contributed by atoms with Gasteiger partial charge in [-0.25, -0.2) is 9.97 Å². The number of rotatable bonds is 2. The van der Waals surface area contributed by atoms with Crippen molar-refractivity contribution in [3.63, 3.8) is 0 Å². The molecule has 0 saturated carbocycles. The summed E-state index contributed by atoms with van der Waals surface area (Å²) in [5.74, 6) is 0.700. The van der Waals surface area contributed by atoms with Crippen LogP contribution in [0.4, 0.5) is 0 Å². The van der Waals surface area contributed by atoms with Crippen LogP contribution in [-0.2, 0) is 5.41 Å². The molecule has 48 heavy (non-hydrogen) atoms. The summed E-state index contributed by atoms with van der Waals surface area (Å²) in [5.41, 5.74) is 11.7. The summed E-state index contributed by atoms with van der Waals surface area (Å²) >= 11 is 1.89. The van der Waals surface area contributed by atoms with Gasteiger partial charge in [-0.05, 0) is 41.5 Å². The van der Waals surface area contributed by atoms with Gasteiger partial charge in [0.15, 0.2) is 5.82 Å². The molecule has 4 nitrogen and oxygen atoms in total. The predicted molar refractivity (Wildman–Crippen MR) is 200 cm³/mol. The maximum absolute atomic E-state index is 6.49. The molecular weight excluding hydrogens is 607 g/mol. The fraction of sp³-hybridized carbons (Fsp3) is 0.0698. The van der Waals surface area contributed by atoms with Gasteiger partial charge < -0.3 is 8.98 Å². The Bertz CT molecular complexity index is 2990. The molecule has 1 aliphatic rings. The lowest BCUT2D eigenvalue weighted by molar-refractivity contribution is 0.630. The van der Waals surface area contributed by atoms with Crippen molar-refractivity contribution in [2.24, 2.45) is 0 Å². The van der Waals surface area contributed by atoms with E-state index in [4.69, 9.17) is 14.4 Å². The molecule has 0 spiro atoms. The number of nitrogens with zero attached hydrogens (tertiary/aromatic N) is 3. The van der Waals surface area contributed by atoms with Crippen molar-refractivity contribution in [1.82, 2.24) is 14.5 Å². The second-order valence-corrected chi connectivity index (χ2v) is 14.4. The zero-order valence-electron chi connectivity index (χ0n) is 26.3. The molecule has 6 aromatic carbocycles. The number of fused-ring (bicyclic) bond motifs is 11. The highest BCUT2D eigenvalue weighted by Crippen LogP contribution is 2.51. The van der Waals surface area contributed by atoms with E-state index in [0.29, 0.717) is 5.82 Å². The highest BCUT2D eigenvalue weighted by molar-refractivity contribution is 7.26. The van der Waals surface area contributed by atoms with Crippen LogP contribution in [0.2, 0.25) is 0 Å². The topological polar surface area (TPSA) is 43.9 Å². The highest BCUT2D eigenvalue weighted by atomic mass is 32.1. The number of para-hydroxylation sites is 4. The molecule has 0 bridgehead atoms. The van der Waals surface area contributed by atoms with E-state index in [1.807, 2.05) is 29.5 Å². The zero-order chi connectivity index (χ0) is 31.7. The second-order valence-electron chi connectivity index (χ2n) is 13.4. The fourth-order valence-electron chi connectivity index (χ4n) is 8.14. The Kier molecular flexibility index (Phi) is 5.03. The van der Waals surface area contributed by atoms with E-state index in [9.17, 15) is 0 Å². The molecule has 0 unspecified atom stereocenters. The van der Waals surface area contributed by atoms with Crippen LogP contribution in [0, 0.1) is 0 Å². The number of furan rings is 1. The number of benzene rings is 6. The SMILES string of the molecule is CC1(C)c2ccc(-c3nc(-c4cccc5c4oc4ccccc45)c4ccccc4n3)cc2-n2c3c1cccc3c1sc3ccccc3c12. The first-order chi connectivity index (χ1) is 23.6. The summed E-state index contributed by atoms with van der Waals surface area (Å²) in [5, 5.41) is 5.80. The molecule has 0 amide bonds. The van der Waals surface area contributed by atoms with E-state index in [1.54, 1.807) is 0 Å². The van der Waals surface area contributed by atoms with Crippen molar-refractivity contribution >= 4 is 75.4 Å². The van der Waals surface area contributed by atoms with Gasteiger partial charge >= 0.3 is 0 Å². The first kappa shape index (κ1) is 26.3. The van der Waals surface area contributed by atoms with Crippen LogP contribution in [0.25, 0.3) is 92.4 Å². The van der Waals surface area contributed by atoms with Crippen LogP contribution in [0.5, 0.6) is 0 Å². The average Bonchev–Trinajstić information content (AvgIpc) is 3.79. The molecule has 0 saturated heterocycles. The molecule has 4 aromatic heterocycles. The van der Waals surface area contributed by atoms with Crippen molar-refractivity contribution < 1.29 is 4.42 Å². The Labute approximate surface area is 279 Å². The van der Waals surface area contributed by atoms with Gasteiger partial charge in [-0.15, -0.1) is 11.3 Å². The summed E-state index contributed by atoms with van der Waals surface area (Å²) in [6.07, 6.45) is 0. The minimum Gasteiger partial charge on any atom is -0.455 e. The van der Waals surface area contributed by atoms with E-state index < -0.39 is 0 Å². The van der Waals surface area contributed by atoms with Crippen LogP contribution < -0.4 is 0 Å². The van der Waals surface area contributed by atoms with Crippen molar-refractivity contribution in [3.8, 4) is 28.3 Å². The molecule has 5 heteroatoms. The minimum absolute atomic E-state index is 0.175. The third-order valence-corrected chi connectivity index (χ3v) is 11.6. The van der Waals surface area contributed by atoms with E-state index in [0.717, 1.165) is 49.7 Å². The molecule has 0 atom stereocenters. The molecule has 11 rings (SSSR count). The summed E-state index contributed by atoms with van der Waals surface area (Å²) in [7, 11) is 0. The number of hydrogen-bond acceptors (Lipinski definition) is 4. The monoisotopic (exact) mass is 633 g/mol. The van der Waals surface area contributed by atoms with Gasteiger partial charge in [0, 0.05) is 48.2 Å². The van der Waals surface area contributed by atoms with Crippen molar-refractivity contribution in [2.75, 3.05) is 0 Å². The number of hydrogen-bond donors (Lipinski definition) is 0. The molecule has 0 N–H and O–H groups in total. The third kappa shape index (κ3) is 3.33. The van der Waals surface area contributed by atoms with Crippen LogP contribution in [0.1, 0.15) is 25.0 Å². The number of thiophene rings is 1. The fourth-order valence-corrected chi connectivity index (χ4v) is 9.35. The highest BCUT2D eigenvalue weighted by Gasteiger charge is 2.36. The Balaban J connectivity index is 1.20. The first-order valence-electron chi connectivity index (χ1n) is 16.3. The van der Waals surface area contributed by atoms with Crippen molar-refractivity contribution in [2.45, 2.75) is 19.3 Å². The lowest BCUT2D eigenvalue weighted by atomic mass is 9.74. The molecule has 10 aromatic rings. The number of aromatic nitrogens is 3. The predicted octanol–water partition coefficient (Wildman–Crippen LogP) is 11.8.